The lowest BCUT2D eigenvalue weighted by Crippen LogP contribution is -2.32. The predicted octanol–water partition coefficient (Wildman–Crippen LogP) is 2.85. The van der Waals surface area contributed by atoms with Gasteiger partial charge in [-0.15, -0.1) is 0 Å². The zero-order chi connectivity index (χ0) is 14.7. The molecule has 116 valence electrons. The monoisotopic (exact) mass is 288 g/mol. The third-order valence-corrected chi connectivity index (χ3v) is 5.17. The summed E-state index contributed by atoms with van der Waals surface area (Å²) in [5.74, 6) is 0. The van der Waals surface area contributed by atoms with Gasteiger partial charge in [-0.25, -0.2) is 0 Å². The molecule has 21 heavy (non-hydrogen) atoms. The molecule has 1 aromatic rings. The van der Waals surface area contributed by atoms with E-state index in [-0.39, 0.29) is 5.60 Å². The van der Waals surface area contributed by atoms with E-state index in [0.29, 0.717) is 0 Å². The maximum atomic E-state index is 6.22. The summed E-state index contributed by atoms with van der Waals surface area (Å²) in [6.07, 6.45) is 2.41. The van der Waals surface area contributed by atoms with Crippen molar-refractivity contribution in [3.63, 3.8) is 0 Å². The van der Waals surface area contributed by atoms with Gasteiger partial charge >= 0.3 is 0 Å². The van der Waals surface area contributed by atoms with Crippen molar-refractivity contribution < 1.29 is 4.74 Å². The van der Waals surface area contributed by atoms with E-state index in [0.717, 1.165) is 32.7 Å². The predicted molar refractivity (Wildman–Crippen MR) is 86.4 cm³/mol. The Morgan fingerprint density at radius 2 is 2.05 bits per heavy atom. The number of hydrogen-bond acceptors (Lipinski definition) is 3. The third-order valence-electron chi connectivity index (χ3n) is 5.17. The van der Waals surface area contributed by atoms with Crippen molar-refractivity contribution in [1.82, 2.24) is 9.80 Å². The summed E-state index contributed by atoms with van der Waals surface area (Å²) in [4.78, 5) is 5.10. The van der Waals surface area contributed by atoms with Crippen molar-refractivity contribution in [2.24, 2.45) is 0 Å². The van der Waals surface area contributed by atoms with E-state index in [1.165, 1.54) is 37.2 Å². The maximum absolute atomic E-state index is 6.22. The molecule has 2 aliphatic heterocycles. The smallest absolute Gasteiger partial charge is 0.108 e. The summed E-state index contributed by atoms with van der Waals surface area (Å²) in [5.41, 5.74) is 2.82. The normalized spacial score (nSPS) is 25.1. The standard InChI is InChI=1S/C18H28N2O/c1-3-19(4-2)11-7-12-20-13-10-18(15-20)17-9-6-5-8-16(17)14-21-18/h5-6,8-9H,3-4,7,10-15H2,1-2H3/t18-/m0/s1. The van der Waals surface area contributed by atoms with Gasteiger partial charge in [0.05, 0.1) is 6.61 Å². The number of likely N-dealkylation sites (tertiary alicyclic amines) is 1. The van der Waals surface area contributed by atoms with Crippen LogP contribution in [0.1, 0.15) is 37.8 Å². The van der Waals surface area contributed by atoms with Gasteiger partial charge in [0.15, 0.2) is 0 Å². The Morgan fingerprint density at radius 1 is 1.24 bits per heavy atom. The molecular weight excluding hydrogens is 260 g/mol. The second kappa shape index (κ2) is 6.47. The number of hydrogen-bond donors (Lipinski definition) is 0. The molecule has 1 saturated heterocycles. The minimum atomic E-state index is -0.00814. The van der Waals surface area contributed by atoms with Gasteiger partial charge in [0.25, 0.3) is 0 Å². The molecule has 1 fully saturated rings. The molecule has 2 aliphatic rings. The summed E-state index contributed by atoms with van der Waals surface area (Å²) in [6, 6.07) is 8.76. The molecule has 0 amide bonds. The minimum Gasteiger partial charge on any atom is -0.364 e. The molecular formula is C18H28N2O. The van der Waals surface area contributed by atoms with E-state index in [4.69, 9.17) is 4.74 Å². The first kappa shape index (κ1) is 15.0. The summed E-state index contributed by atoms with van der Waals surface area (Å²) < 4.78 is 6.22. The number of ether oxygens (including phenoxy) is 1. The Kier molecular flexibility index (Phi) is 4.63. The SMILES string of the molecule is CCN(CC)CCCN1CC[C@@]2(C1)OCc1ccccc12. The van der Waals surface area contributed by atoms with Crippen LogP contribution < -0.4 is 0 Å². The van der Waals surface area contributed by atoms with Crippen molar-refractivity contribution in [3.05, 3.63) is 35.4 Å². The Morgan fingerprint density at radius 3 is 2.86 bits per heavy atom. The average Bonchev–Trinajstić information content (AvgIpc) is 3.10. The van der Waals surface area contributed by atoms with Gasteiger partial charge < -0.3 is 9.64 Å². The lowest BCUT2D eigenvalue weighted by atomic mass is 9.92. The number of fused-ring (bicyclic) bond motifs is 2. The van der Waals surface area contributed by atoms with Gasteiger partial charge in [-0.05, 0) is 50.1 Å². The molecule has 3 heteroatoms. The van der Waals surface area contributed by atoms with Crippen LogP contribution in [-0.4, -0.2) is 49.1 Å². The summed E-state index contributed by atoms with van der Waals surface area (Å²) in [7, 11) is 0. The highest BCUT2D eigenvalue weighted by molar-refractivity contribution is 5.36. The van der Waals surface area contributed by atoms with Crippen molar-refractivity contribution in [2.75, 3.05) is 39.3 Å². The average molecular weight is 288 g/mol. The molecule has 0 bridgehead atoms. The fourth-order valence-corrected chi connectivity index (χ4v) is 3.83. The zero-order valence-electron chi connectivity index (χ0n) is 13.5. The maximum Gasteiger partial charge on any atom is 0.108 e. The second-order valence-corrected chi connectivity index (χ2v) is 6.35. The molecule has 0 N–H and O–H groups in total. The van der Waals surface area contributed by atoms with Crippen molar-refractivity contribution >= 4 is 0 Å². The van der Waals surface area contributed by atoms with Crippen molar-refractivity contribution in [2.45, 2.75) is 38.9 Å². The van der Waals surface area contributed by atoms with Crippen LogP contribution in [0.3, 0.4) is 0 Å². The highest BCUT2D eigenvalue weighted by Crippen LogP contribution is 2.43. The summed E-state index contributed by atoms with van der Waals surface area (Å²) >= 11 is 0. The molecule has 1 aromatic carbocycles. The van der Waals surface area contributed by atoms with Crippen molar-refractivity contribution in [1.29, 1.82) is 0 Å². The summed E-state index contributed by atoms with van der Waals surface area (Å²) in [5, 5.41) is 0. The Balaban J connectivity index is 1.55. The molecule has 0 aromatic heterocycles. The van der Waals surface area contributed by atoms with E-state index < -0.39 is 0 Å². The van der Waals surface area contributed by atoms with Gasteiger partial charge in [-0.3, -0.25) is 4.90 Å². The molecule has 3 nitrogen and oxygen atoms in total. The minimum absolute atomic E-state index is 0.00814. The van der Waals surface area contributed by atoms with Crippen LogP contribution in [0, 0.1) is 0 Å². The first-order chi connectivity index (χ1) is 10.3. The van der Waals surface area contributed by atoms with Crippen LogP contribution in [0.25, 0.3) is 0 Å². The number of benzene rings is 1. The van der Waals surface area contributed by atoms with Crippen LogP contribution in [0.5, 0.6) is 0 Å². The van der Waals surface area contributed by atoms with E-state index in [1.54, 1.807) is 0 Å². The molecule has 0 aliphatic carbocycles. The second-order valence-electron chi connectivity index (χ2n) is 6.35. The van der Waals surface area contributed by atoms with E-state index >= 15 is 0 Å². The topological polar surface area (TPSA) is 15.7 Å². The molecule has 0 saturated carbocycles. The van der Waals surface area contributed by atoms with Crippen LogP contribution in [-0.2, 0) is 16.9 Å². The Hall–Kier alpha value is -0.900. The quantitative estimate of drug-likeness (QED) is 0.800. The van der Waals surface area contributed by atoms with Crippen molar-refractivity contribution in [3.8, 4) is 0 Å². The Labute approximate surface area is 128 Å². The van der Waals surface area contributed by atoms with Crippen LogP contribution in [0.2, 0.25) is 0 Å². The number of nitrogens with zero attached hydrogens (tertiary/aromatic N) is 2. The first-order valence-corrected chi connectivity index (χ1v) is 8.44. The van der Waals surface area contributed by atoms with Gasteiger partial charge in [0.1, 0.15) is 5.60 Å². The molecule has 0 unspecified atom stereocenters. The van der Waals surface area contributed by atoms with Gasteiger partial charge in [0, 0.05) is 13.1 Å². The molecule has 0 radical (unpaired) electrons. The van der Waals surface area contributed by atoms with E-state index in [9.17, 15) is 0 Å². The molecule has 2 heterocycles. The largest absolute Gasteiger partial charge is 0.364 e. The number of rotatable bonds is 6. The molecule has 3 rings (SSSR count). The van der Waals surface area contributed by atoms with E-state index in [1.807, 2.05) is 0 Å². The van der Waals surface area contributed by atoms with E-state index in [2.05, 4.69) is 47.9 Å². The summed E-state index contributed by atoms with van der Waals surface area (Å²) in [6.45, 7) is 12.3. The van der Waals surface area contributed by atoms with Crippen LogP contribution in [0.15, 0.2) is 24.3 Å². The highest BCUT2D eigenvalue weighted by Gasteiger charge is 2.44. The fourth-order valence-electron chi connectivity index (χ4n) is 3.83. The molecule has 1 spiro atoms. The lowest BCUT2D eigenvalue weighted by Gasteiger charge is -2.25. The van der Waals surface area contributed by atoms with Crippen LogP contribution in [0.4, 0.5) is 0 Å². The Bertz CT molecular complexity index is 472. The lowest BCUT2D eigenvalue weighted by molar-refractivity contribution is -0.0295. The molecule has 1 atom stereocenters. The van der Waals surface area contributed by atoms with Gasteiger partial charge in [0.2, 0.25) is 0 Å². The first-order valence-electron chi connectivity index (χ1n) is 8.44. The third kappa shape index (κ3) is 3.01. The fraction of sp³-hybridized carbons (Fsp3) is 0.667. The van der Waals surface area contributed by atoms with Crippen LogP contribution >= 0.6 is 0 Å². The van der Waals surface area contributed by atoms with Gasteiger partial charge in [-0.2, -0.15) is 0 Å². The zero-order valence-corrected chi connectivity index (χ0v) is 13.5. The highest BCUT2D eigenvalue weighted by atomic mass is 16.5. The van der Waals surface area contributed by atoms with Gasteiger partial charge in [-0.1, -0.05) is 38.1 Å².